The van der Waals surface area contributed by atoms with Crippen molar-refractivity contribution in [3.8, 4) is 5.75 Å². The van der Waals surface area contributed by atoms with Crippen LogP contribution in [0.1, 0.15) is 10.4 Å². The van der Waals surface area contributed by atoms with E-state index in [0.29, 0.717) is 19.0 Å². The molecule has 0 fully saturated rings. The van der Waals surface area contributed by atoms with Crippen molar-refractivity contribution in [2.24, 2.45) is 0 Å². The summed E-state index contributed by atoms with van der Waals surface area (Å²) < 4.78 is 15.6. The van der Waals surface area contributed by atoms with E-state index in [-0.39, 0.29) is 12.4 Å². The number of rotatable bonds is 7. The fourth-order valence-corrected chi connectivity index (χ4v) is 1.87. The molecule has 2 rings (SSSR count). The largest absolute Gasteiger partial charge is 0.478 e. The van der Waals surface area contributed by atoms with Crippen LogP contribution < -0.4 is 4.74 Å². The number of hydrogen-bond donors (Lipinski definition) is 1. The second-order valence-corrected chi connectivity index (χ2v) is 4.13. The summed E-state index contributed by atoms with van der Waals surface area (Å²) in [5, 5.41) is 10.9. The molecule has 0 saturated heterocycles. The maximum Gasteiger partial charge on any atom is 0.339 e. The summed E-state index contributed by atoms with van der Waals surface area (Å²) in [5.74, 6) is -0.698. The van der Waals surface area contributed by atoms with E-state index in [1.807, 2.05) is 24.3 Å². The lowest BCUT2D eigenvalue weighted by Crippen LogP contribution is -2.10. The molecule has 0 aromatic heterocycles. The van der Waals surface area contributed by atoms with Crippen molar-refractivity contribution in [2.45, 2.75) is 0 Å². The summed E-state index contributed by atoms with van der Waals surface area (Å²) >= 11 is 0. The molecule has 0 unspecified atom stereocenters. The average Bonchev–Trinajstić information content (AvgIpc) is 2.46. The molecule has 1 N–H and O–H groups in total. The number of carboxylic acids is 1. The van der Waals surface area contributed by atoms with Crippen molar-refractivity contribution < 1.29 is 24.1 Å². The van der Waals surface area contributed by atoms with Gasteiger partial charge in [0, 0.05) is 12.5 Å². The van der Waals surface area contributed by atoms with Crippen LogP contribution in [0.15, 0.2) is 36.4 Å². The lowest BCUT2D eigenvalue weighted by Gasteiger charge is -2.12. The fourth-order valence-electron chi connectivity index (χ4n) is 1.87. The Balaban J connectivity index is 2.23. The molecular weight excluding hydrogens is 260 g/mol. The molecule has 0 aliphatic heterocycles. The number of fused-ring (bicyclic) bond motifs is 1. The van der Waals surface area contributed by atoms with Gasteiger partial charge in [-0.15, -0.1) is 0 Å². The number of carboxylic acid groups (broad SMARTS) is 1. The second kappa shape index (κ2) is 6.88. The van der Waals surface area contributed by atoms with Crippen molar-refractivity contribution in [3.05, 3.63) is 42.0 Å². The van der Waals surface area contributed by atoms with E-state index in [9.17, 15) is 9.90 Å². The standard InChI is InChI=1S/C15H16O5/c1-18-8-9-19-10-20-14-12-5-3-2-4-11(12)6-7-13(14)15(16)17/h2-7H,8-10H2,1H3,(H,16,17). The van der Waals surface area contributed by atoms with Crippen molar-refractivity contribution in [3.63, 3.8) is 0 Å². The predicted molar refractivity (Wildman–Crippen MR) is 74.2 cm³/mol. The van der Waals surface area contributed by atoms with Crippen LogP contribution >= 0.6 is 0 Å². The molecule has 0 spiro atoms. The summed E-state index contributed by atoms with van der Waals surface area (Å²) in [6.45, 7) is 0.839. The zero-order valence-electron chi connectivity index (χ0n) is 11.2. The van der Waals surface area contributed by atoms with Crippen LogP contribution in [-0.4, -0.2) is 38.2 Å². The third kappa shape index (κ3) is 3.26. The first-order valence-corrected chi connectivity index (χ1v) is 6.18. The molecule has 0 amide bonds. The maximum absolute atomic E-state index is 11.3. The molecule has 0 heterocycles. The molecule has 0 bridgehead atoms. The van der Waals surface area contributed by atoms with Gasteiger partial charge in [-0.1, -0.05) is 30.3 Å². The quantitative estimate of drug-likeness (QED) is 0.622. The Morgan fingerprint density at radius 1 is 1.15 bits per heavy atom. The molecule has 20 heavy (non-hydrogen) atoms. The molecule has 0 aliphatic carbocycles. The minimum Gasteiger partial charge on any atom is -0.478 e. The van der Waals surface area contributed by atoms with Crippen molar-refractivity contribution in [1.82, 2.24) is 0 Å². The van der Waals surface area contributed by atoms with Gasteiger partial charge in [-0.05, 0) is 11.5 Å². The number of carbonyl (C=O) groups is 1. The topological polar surface area (TPSA) is 65.0 Å². The minimum atomic E-state index is -1.03. The Bertz CT molecular complexity index is 594. The van der Waals surface area contributed by atoms with E-state index < -0.39 is 5.97 Å². The normalized spacial score (nSPS) is 10.7. The van der Waals surface area contributed by atoms with Crippen molar-refractivity contribution in [2.75, 3.05) is 27.1 Å². The van der Waals surface area contributed by atoms with Crippen LogP contribution in [-0.2, 0) is 9.47 Å². The molecule has 2 aromatic carbocycles. The molecule has 0 radical (unpaired) electrons. The molecule has 0 aliphatic rings. The third-order valence-electron chi connectivity index (χ3n) is 2.83. The average molecular weight is 276 g/mol. The first-order valence-electron chi connectivity index (χ1n) is 6.18. The van der Waals surface area contributed by atoms with Gasteiger partial charge in [-0.3, -0.25) is 0 Å². The molecule has 2 aromatic rings. The van der Waals surface area contributed by atoms with Crippen LogP contribution in [0.25, 0.3) is 10.8 Å². The van der Waals surface area contributed by atoms with Crippen LogP contribution in [0.2, 0.25) is 0 Å². The summed E-state index contributed by atoms with van der Waals surface area (Å²) in [6, 6.07) is 10.8. The maximum atomic E-state index is 11.3. The fraction of sp³-hybridized carbons (Fsp3) is 0.267. The predicted octanol–water partition coefficient (Wildman–Crippen LogP) is 2.54. The van der Waals surface area contributed by atoms with Gasteiger partial charge in [-0.25, -0.2) is 4.79 Å². The Hall–Kier alpha value is -2.11. The highest BCUT2D eigenvalue weighted by Crippen LogP contribution is 2.30. The monoisotopic (exact) mass is 276 g/mol. The molecule has 5 nitrogen and oxygen atoms in total. The van der Waals surface area contributed by atoms with E-state index in [2.05, 4.69) is 0 Å². The van der Waals surface area contributed by atoms with E-state index >= 15 is 0 Å². The van der Waals surface area contributed by atoms with Gasteiger partial charge in [0.1, 0.15) is 11.3 Å². The number of methoxy groups -OCH3 is 1. The molecule has 5 heteroatoms. The smallest absolute Gasteiger partial charge is 0.339 e. The summed E-state index contributed by atoms with van der Waals surface area (Å²) in [7, 11) is 1.58. The zero-order valence-corrected chi connectivity index (χ0v) is 11.2. The summed E-state index contributed by atoms with van der Waals surface area (Å²) in [4.78, 5) is 11.3. The number of ether oxygens (including phenoxy) is 3. The number of benzene rings is 2. The molecule has 0 atom stereocenters. The highest BCUT2D eigenvalue weighted by atomic mass is 16.7. The Labute approximate surface area is 116 Å². The van der Waals surface area contributed by atoms with Crippen LogP contribution in [0.4, 0.5) is 0 Å². The van der Waals surface area contributed by atoms with Gasteiger partial charge >= 0.3 is 5.97 Å². The minimum absolute atomic E-state index is 0.0162. The van der Waals surface area contributed by atoms with Crippen LogP contribution in [0, 0.1) is 0 Å². The van der Waals surface area contributed by atoms with Crippen LogP contribution in [0.5, 0.6) is 5.75 Å². The van der Waals surface area contributed by atoms with Gasteiger partial charge in [0.2, 0.25) is 0 Å². The Kier molecular flexibility index (Phi) is 4.92. The number of aromatic carboxylic acids is 1. The third-order valence-corrected chi connectivity index (χ3v) is 2.83. The van der Waals surface area contributed by atoms with Gasteiger partial charge < -0.3 is 19.3 Å². The van der Waals surface area contributed by atoms with Gasteiger partial charge in [0.25, 0.3) is 0 Å². The van der Waals surface area contributed by atoms with Gasteiger partial charge in [0.15, 0.2) is 6.79 Å². The van der Waals surface area contributed by atoms with Crippen molar-refractivity contribution >= 4 is 16.7 Å². The van der Waals surface area contributed by atoms with Gasteiger partial charge in [0.05, 0.1) is 13.2 Å². The molecular formula is C15H16O5. The lowest BCUT2D eigenvalue weighted by atomic mass is 10.1. The van der Waals surface area contributed by atoms with Crippen LogP contribution in [0.3, 0.4) is 0 Å². The highest BCUT2D eigenvalue weighted by molar-refractivity contribution is 6.00. The van der Waals surface area contributed by atoms with E-state index in [4.69, 9.17) is 14.2 Å². The van der Waals surface area contributed by atoms with E-state index in [1.54, 1.807) is 13.2 Å². The van der Waals surface area contributed by atoms with Crippen molar-refractivity contribution in [1.29, 1.82) is 0 Å². The first-order chi connectivity index (χ1) is 9.74. The SMILES string of the molecule is COCCOCOc1c(C(=O)O)ccc2ccccc12. The second-order valence-electron chi connectivity index (χ2n) is 4.13. The number of hydrogen-bond acceptors (Lipinski definition) is 4. The van der Waals surface area contributed by atoms with Gasteiger partial charge in [-0.2, -0.15) is 0 Å². The summed E-state index contributed by atoms with van der Waals surface area (Å²) in [5.41, 5.74) is 0.124. The molecule has 106 valence electrons. The first kappa shape index (κ1) is 14.3. The zero-order chi connectivity index (χ0) is 14.4. The van der Waals surface area contributed by atoms with E-state index in [0.717, 1.165) is 10.8 Å². The highest BCUT2D eigenvalue weighted by Gasteiger charge is 2.14. The Morgan fingerprint density at radius 3 is 2.70 bits per heavy atom. The summed E-state index contributed by atoms with van der Waals surface area (Å²) in [6.07, 6.45) is 0. The Morgan fingerprint density at radius 2 is 1.95 bits per heavy atom. The lowest BCUT2D eigenvalue weighted by molar-refractivity contribution is -0.00828. The molecule has 0 saturated carbocycles. The van der Waals surface area contributed by atoms with E-state index in [1.165, 1.54) is 6.07 Å².